The van der Waals surface area contributed by atoms with Crippen molar-refractivity contribution in [3.63, 3.8) is 0 Å². The van der Waals surface area contributed by atoms with E-state index in [9.17, 15) is 30.7 Å². The summed E-state index contributed by atoms with van der Waals surface area (Å²) in [7, 11) is 0. The van der Waals surface area contributed by atoms with Gasteiger partial charge in [-0.2, -0.15) is 26.3 Å². The van der Waals surface area contributed by atoms with Gasteiger partial charge in [0.25, 0.3) is 0 Å². The van der Waals surface area contributed by atoms with Crippen molar-refractivity contribution >= 4 is 16.7 Å². The molecule has 0 radical (unpaired) electrons. The summed E-state index contributed by atoms with van der Waals surface area (Å²) in [6.07, 6.45) is -8.50. The van der Waals surface area contributed by atoms with Gasteiger partial charge >= 0.3 is 12.4 Å². The van der Waals surface area contributed by atoms with Gasteiger partial charge in [0.2, 0.25) is 5.82 Å². The van der Waals surface area contributed by atoms with Crippen LogP contribution in [0.5, 0.6) is 0 Å². The first-order chi connectivity index (χ1) is 13.5. The van der Waals surface area contributed by atoms with Crippen LogP contribution in [-0.4, -0.2) is 21.5 Å². The molecule has 0 saturated carbocycles. The second-order valence-corrected chi connectivity index (χ2v) is 6.53. The van der Waals surface area contributed by atoms with Gasteiger partial charge in [-0.25, -0.2) is 14.4 Å². The fraction of sp³-hybridized carbons (Fsp3) is 0.278. The summed E-state index contributed by atoms with van der Waals surface area (Å²) in [5.74, 6) is -2.29. The van der Waals surface area contributed by atoms with E-state index < -0.39 is 29.6 Å². The quantitative estimate of drug-likeness (QED) is 0.537. The SMILES string of the molecule is Fc1ccc2nc(C(F)(F)F)nc(N3CCc4ncc(C(F)(F)F)cc4C3)c2c1. The second-order valence-electron chi connectivity index (χ2n) is 6.53. The lowest BCUT2D eigenvalue weighted by Gasteiger charge is -2.30. The van der Waals surface area contributed by atoms with Crippen LogP contribution in [0.4, 0.5) is 36.6 Å². The zero-order valence-electron chi connectivity index (χ0n) is 14.4. The number of nitrogens with zero attached hydrogens (tertiary/aromatic N) is 4. The zero-order chi connectivity index (χ0) is 21.0. The van der Waals surface area contributed by atoms with Crippen LogP contribution in [0.15, 0.2) is 30.5 Å². The summed E-state index contributed by atoms with van der Waals surface area (Å²) >= 11 is 0. The third-order valence-electron chi connectivity index (χ3n) is 4.56. The number of hydrogen-bond acceptors (Lipinski definition) is 4. The topological polar surface area (TPSA) is 41.9 Å². The van der Waals surface area contributed by atoms with Crippen LogP contribution >= 0.6 is 0 Å². The van der Waals surface area contributed by atoms with E-state index in [4.69, 9.17) is 0 Å². The van der Waals surface area contributed by atoms with Gasteiger partial charge < -0.3 is 4.90 Å². The summed E-state index contributed by atoms with van der Waals surface area (Å²) in [6.45, 7) is 0.0114. The Labute approximate surface area is 159 Å². The normalized spacial score (nSPS) is 14.9. The molecular weight excluding hydrogens is 405 g/mol. The van der Waals surface area contributed by atoms with Gasteiger partial charge in [0.05, 0.1) is 11.1 Å². The fourth-order valence-electron chi connectivity index (χ4n) is 3.21. The summed E-state index contributed by atoms with van der Waals surface area (Å²) < 4.78 is 92.3. The molecule has 3 aromatic rings. The van der Waals surface area contributed by atoms with Crippen LogP contribution in [0.1, 0.15) is 22.6 Å². The van der Waals surface area contributed by atoms with Gasteiger partial charge in [0.15, 0.2) is 0 Å². The summed E-state index contributed by atoms with van der Waals surface area (Å²) in [6, 6.07) is 4.00. The second kappa shape index (κ2) is 6.53. The lowest BCUT2D eigenvalue weighted by atomic mass is 10.0. The maximum Gasteiger partial charge on any atom is 0.451 e. The molecule has 1 aromatic carbocycles. The maximum atomic E-state index is 13.7. The molecule has 1 aliphatic rings. The van der Waals surface area contributed by atoms with E-state index in [0.717, 1.165) is 30.5 Å². The highest BCUT2D eigenvalue weighted by atomic mass is 19.4. The van der Waals surface area contributed by atoms with E-state index >= 15 is 0 Å². The van der Waals surface area contributed by atoms with Crippen molar-refractivity contribution in [3.8, 4) is 0 Å². The molecule has 0 aliphatic carbocycles. The number of benzene rings is 1. The molecule has 152 valence electrons. The predicted molar refractivity (Wildman–Crippen MR) is 88.5 cm³/mol. The smallest absolute Gasteiger partial charge is 0.351 e. The first-order valence-corrected chi connectivity index (χ1v) is 8.37. The Morgan fingerprint density at radius 3 is 2.38 bits per heavy atom. The molecule has 0 unspecified atom stereocenters. The Morgan fingerprint density at radius 1 is 0.931 bits per heavy atom. The molecule has 0 saturated heterocycles. The van der Waals surface area contributed by atoms with Crippen molar-refractivity contribution < 1.29 is 30.7 Å². The highest BCUT2D eigenvalue weighted by Gasteiger charge is 2.37. The van der Waals surface area contributed by atoms with Crippen LogP contribution < -0.4 is 4.90 Å². The Kier molecular flexibility index (Phi) is 4.35. The average molecular weight is 416 g/mol. The van der Waals surface area contributed by atoms with E-state index in [1.807, 2.05) is 0 Å². The first kappa shape index (κ1) is 19.3. The minimum absolute atomic E-state index is 0.0429. The molecule has 29 heavy (non-hydrogen) atoms. The van der Waals surface area contributed by atoms with Gasteiger partial charge in [0, 0.05) is 36.8 Å². The number of rotatable bonds is 1. The van der Waals surface area contributed by atoms with Gasteiger partial charge in [0.1, 0.15) is 11.6 Å². The van der Waals surface area contributed by atoms with Crippen molar-refractivity contribution in [1.82, 2.24) is 15.0 Å². The van der Waals surface area contributed by atoms with E-state index in [1.54, 1.807) is 0 Å². The molecule has 0 spiro atoms. The van der Waals surface area contributed by atoms with E-state index in [2.05, 4.69) is 15.0 Å². The summed E-state index contributed by atoms with van der Waals surface area (Å²) in [4.78, 5) is 12.2. The van der Waals surface area contributed by atoms with Crippen molar-refractivity contribution in [3.05, 3.63) is 58.9 Å². The number of pyridine rings is 1. The molecule has 11 heteroatoms. The standard InChI is InChI=1S/C18H11F7N4/c19-11-1-2-14-12(6-11)15(28-16(27-14)18(23,24)25)29-4-3-13-9(8-29)5-10(7-26-13)17(20,21)22/h1-2,5-7H,3-4,8H2. The third-order valence-corrected chi connectivity index (χ3v) is 4.56. The third kappa shape index (κ3) is 3.68. The van der Waals surface area contributed by atoms with Gasteiger partial charge in [-0.3, -0.25) is 4.98 Å². The fourth-order valence-corrected chi connectivity index (χ4v) is 3.21. The first-order valence-electron chi connectivity index (χ1n) is 8.37. The van der Waals surface area contributed by atoms with Crippen molar-refractivity contribution in [2.75, 3.05) is 11.4 Å². The van der Waals surface area contributed by atoms with Crippen molar-refractivity contribution in [2.24, 2.45) is 0 Å². The number of alkyl halides is 6. The molecule has 0 N–H and O–H groups in total. The highest BCUT2D eigenvalue weighted by Crippen LogP contribution is 2.35. The van der Waals surface area contributed by atoms with Gasteiger partial charge in [-0.1, -0.05) is 0 Å². The van der Waals surface area contributed by atoms with E-state index in [1.165, 1.54) is 4.90 Å². The van der Waals surface area contributed by atoms with E-state index in [0.29, 0.717) is 5.69 Å². The number of halogens is 7. The van der Waals surface area contributed by atoms with Crippen molar-refractivity contribution in [1.29, 1.82) is 0 Å². The zero-order valence-corrected chi connectivity index (χ0v) is 14.4. The van der Waals surface area contributed by atoms with Crippen LogP contribution in [-0.2, 0) is 25.3 Å². The lowest BCUT2D eigenvalue weighted by molar-refractivity contribution is -0.144. The lowest BCUT2D eigenvalue weighted by Crippen LogP contribution is -2.33. The summed E-state index contributed by atoms with van der Waals surface area (Å²) in [5, 5.41) is 0.0429. The van der Waals surface area contributed by atoms with Crippen LogP contribution in [0.2, 0.25) is 0 Å². The molecule has 4 rings (SSSR count). The predicted octanol–water partition coefficient (Wildman–Crippen LogP) is 4.76. The Bertz CT molecular complexity index is 1090. The van der Waals surface area contributed by atoms with Gasteiger partial charge in [-0.05, 0) is 29.8 Å². The minimum atomic E-state index is -4.84. The molecule has 0 atom stereocenters. The number of hydrogen-bond donors (Lipinski definition) is 0. The number of fused-ring (bicyclic) bond motifs is 2. The Balaban J connectivity index is 1.82. The van der Waals surface area contributed by atoms with Gasteiger partial charge in [-0.15, -0.1) is 0 Å². The molecule has 2 aromatic heterocycles. The molecule has 3 heterocycles. The molecule has 0 fully saturated rings. The molecule has 4 nitrogen and oxygen atoms in total. The van der Waals surface area contributed by atoms with Crippen LogP contribution in [0, 0.1) is 5.82 Å². The highest BCUT2D eigenvalue weighted by molar-refractivity contribution is 5.89. The molecular formula is C18H11F7N4. The number of aromatic nitrogens is 3. The number of anilines is 1. The molecule has 0 amide bonds. The van der Waals surface area contributed by atoms with E-state index in [-0.39, 0.29) is 41.8 Å². The summed E-state index contributed by atoms with van der Waals surface area (Å²) in [5.41, 5.74) is -0.415. The monoisotopic (exact) mass is 416 g/mol. The van der Waals surface area contributed by atoms with Crippen LogP contribution in [0.25, 0.3) is 10.9 Å². The Hall–Kier alpha value is -2.98. The maximum absolute atomic E-state index is 13.7. The molecule has 0 bridgehead atoms. The van der Waals surface area contributed by atoms with Crippen LogP contribution in [0.3, 0.4) is 0 Å². The Morgan fingerprint density at radius 2 is 1.69 bits per heavy atom. The minimum Gasteiger partial charge on any atom is -0.351 e. The molecule has 1 aliphatic heterocycles. The largest absolute Gasteiger partial charge is 0.451 e. The average Bonchev–Trinajstić information content (AvgIpc) is 2.64. The van der Waals surface area contributed by atoms with Crippen molar-refractivity contribution in [2.45, 2.75) is 25.3 Å².